The van der Waals surface area contributed by atoms with E-state index in [2.05, 4.69) is 9.97 Å². The molecule has 1 N–H and O–H groups in total. The Morgan fingerprint density at radius 2 is 2.06 bits per heavy atom. The lowest BCUT2D eigenvalue weighted by molar-refractivity contribution is 0.171. The van der Waals surface area contributed by atoms with Crippen LogP contribution in [0.3, 0.4) is 0 Å². The highest BCUT2D eigenvalue weighted by Gasteiger charge is 2.13. The van der Waals surface area contributed by atoms with Crippen LogP contribution < -0.4 is 9.47 Å². The molecule has 0 aliphatic carbocycles. The molecule has 1 aromatic heterocycles. The van der Waals surface area contributed by atoms with Gasteiger partial charge in [-0.15, -0.1) is 11.6 Å². The molecule has 0 atom stereocenters. The minimum atomic E-state index is 0.564. The SMILES string of the molecule is ClCCc1ncc(-c2ccc3c(c2)OCCO3)[nH]1. The van der Waals surface area contributed by atoms with Gasteiger partial charge in [0.05, 0.1) is 11.9 Å². The Morgan fingerprint density at radius 1 is 1.22 bits per heavy atom. The number of halogens is 1. The first-order valence-corrected chi connectivity index (χ1v) is 6.40. The van der Waals surface area contributed by atoms with Gasteiger partial charge in [-0.25, -0.2) is 4.98 Å². The fourth-order valence-corrected chi connectivity index (χ4v) is 2.12. The monoisotopic (exact) mass is 264 g/mol. The van der Waals surface area contributed by atoms with Crippen molar-refractivity contribution in [2.24, 2.45) is 0 Å². The van der Waals surface area contributed by atoms with Gasteiger partial charge in [-0.05, 0) is 18.2 Å². The third-order valence-corrected chi connectivity index (χ3v) is 3.00. The summed E-state index contributed by atoms with van der Waals surface area (Å²) in [4.78, 5) is 7.53. The molecular formula is C13H13ClN2O2. The maximum Gasteiger partial charge on any atom is 0.162 e. The lowest BCUT2D eigenvalue weighted by Gasteiger charge is -2.18. The van der Waals surface area contributed by atoms with E-state index in [1.54, 1.807) is 0 Å². The van der Waals surface area contributed by atoms with Crippen molar-refractivity contribution in [3.05, 3.63) is 30.2 Å². The summed E-state index contributed by atoms with van der Waals surface area (Å²) in [7, 11) is 0. The number of nitrogens with zero attached hydrogens (tertiary/aromatic N) is 1. The van der Waals surface area contributed by atoms with Crippen molar-refractivity contribution in [2.75, 3.05) is 19.1 Å². The second-order valence-corrected chi connectivity index (χ2v) is 4.42. The van der Waals surface area contributed by atoms with Crippen LogP contribution in [0.1, 0.15) is 5.82 Å². The predicted octanol–water partition coefficient (Wildman–Crippen LogP) is 2.63. The third kappa shape index (κ3) is 2.16. The number of aryl methyl sites for hydroxylation is 1. The summed E-state index contributed by atoms with van der Waals surface area (Å²) in [5, 5.41) is 0. The summed E-state index contributed by atoms with van der Waals surface area (Å²) in [6.07, 6.45) is 2.55. The zero-order chi connectivity index (χ0) is 12.4. The molecule has 0 spiro atoms. The number of rotatable bonds is 3. The molecule has 1 aromatic carbocycles. The number of aromatic amines is 1. The number of hydrogen-bond acceptors (Lipinski definition) is 3. The number of imidazole rings is 1. The minimum Gasteiger partial charge on any atom is -0.486 e. The Hall–Kier alpha value is -1.68. The molecular weight excluding hydrogens is 252 g/mol. The normalized spacial score (nSPS) is 13.6. The molecule has 0 saturated heterocycles. The first-order chi connectivity index (χ1) is 8.86. The first kappa shape index (κ1) is 11.4. The van der Waals surface area contributed by atoms with Gasteiger partial charge in [0, 0.05) is 17.9 Å². The second kappa shape index (κ2) is 4.90. The summed E-state index contributed by atoms with van der Waals surface area (Å²) >= 11 is 5.69. The maximum atomic E-state index is 5.69. The van der Waals surface area contributed by atoms with Crippen molar-refractivity contribution in [1.29, 1.82) is 0 Å². The van der Waals surface area contributed by atoms with E-state index in [4.69, 9.17) is 21.1 Å². The number of benzene rings is 1. The van der Waals surface area contributed by atoms with E-state index in [1.807, 2.05) is 24.4 Å². The Kier molecular flexibility index (Phi) is 3.11. The molecule has 2 aromatic rings. The zero-order valence-corrected chi connectivity index (χ0v) is 10.5. The number of ether oxygens (including phenoxy) is 2. The molecule has 1 aliphatic heterocycles. The number of nitrogens with one attached hydrogen (secondary N) is 1. The van der Waals surface area contributed by atoms with Crippen LogP contribution >= 0.6 is 11.6 Å². The zero-order valence-electron chi connectivity index (χ0n) is 9.78. The Bertz CT molecular complexity index is 554. The van der Waals surface area contributed by atoms with Crippen molar-refractivity contribution >= 4 is 11.6 Å². The van der Waals surface area contributed by atoms with Gasteiger partial charge < -0.3 is 14.5 Å². The lowest BCUT2D eigenvalue weighted by Crippen LogP contribution is -2.15. The van der Waals surface area contributed by atoms with E-state index in [0.29, 0.717) is 19.1 Å². The van der Waals surface area contributed by atoms with E-state index < -0.39 is 0 Å². The number of aromatic nitrogens is 2. The summed E-state index contributed by atoms with van der Waals surface area (Å²) in [6, 6.07) is 5.88. The highest BCUT2D eigenvalue weighted by Crippen LogP contribution is 2.33. The van der Waals surface area contributed by atoms with Crippen molar-refractivity contribution < 1.29 is 9.47 Å². The summed E-state index contributed by atoms with van der Waals surface area (Å²) < 4.78 is 11.0. The van der Waals surface area contributed by atoms with Crippen LogP contribution in [0.15, 0.2) is 24.4 Å². The van der Waals surface area contributed by atoms with Gasteiger partial charge in [0.15, 0.2) is 11.5 Å². The van der Waals surface area contributed by atoms with E-state index >= 15 is 0 Å². The van der Waals surface area contributed by atoms with E-state index in [-0.39, 0.29) is 0 Å². The topological polar surface area (TPSA) is 47.1 Å². The fourth-order valence-electron chi connectivity index (χ4n) is 1.94. The molecule has 2 heterocycles. The minimum absolute atomic E-state index is 0.564. The number of fused-ring (bicyclic) bond motifs is 1. The average molecular weight is 265 g/mol. The van der Waals surface area contributed by atoms with Crippen LogP contribution in [-0.2, 0) is 6.42 Å². The van der Waals surface area contributed by atoms with Gasteiger partial charge in [0.2, 0.25) is 0 Å². The number of H-pyrrole nitrogens is 1. The molecule has 0 amide bonds. The van der Waals surface area contributed by atoms with Gasteiger partial charge in [-0.2, -0.15) is 0 Å². The molecule has 4 nitrogen and oxygen atoms in total. The average Bonchev–Trinajstić information content (AvgIpc) is 2.87. The lowest BCUT2D eigenvalue weighted by atomic mass is 10.1. The maximum absolute atomic E-state index is 5.69. The van der Waals surface area contributed by atoms with Crippen molar-refractivity contribution in [1.82, 2.24) is 9.97 Å². The van der Waals surface area contributed by atoms with Gasteiger partial charge >= 0.3 is 0 Å². The van der Waals surface area contributed by atoms with Crippen LogP contribution in [0.2, 0.25) is 0 Å². The molecule has 0 saturated carbocycles. The third-order valence-electron chi connectivity index (χ3n) is 2.81. The second-order valence-electron chi connectivity index (χ2n) is 4.04. The molecule has 3 rings (SSSR count). The standard InChI is InChI=1S/C13H13ClN2O2/c14-4-3-13-15-8-10(16-13)9-1-2-11-12(7-9)18-6-5-17-11/h1-2,7-8H,3-6H2,(H,15,16). The predicted molar refractivity (Wildman–Crippen MR) is 69.4 cm³/mol. The van der Waals surface area contributed by atoms with Crippen molar-refractivity contribution in [2.45, 2.75) is 6.42 Å². The van der Waals surface area contributed by atoms with Gasteiger partial charge in [0.1, 0.15) is 19.0 Å². The van der Waals surface area contributed by atoms with Crippen LogP contribution in [0, 0.1) is 0 Å². The fraction of sp³-hybridized carbons (Fsp3) is 0.308. The summed E-state index contributed by atoms with van der Waals surface area (Å²) in [5.74, 6) is 3.04. The van der Waals surface area contributed by atoms with Crippen LogP contribution in [0.25, 0.3) is 11.3 Å². The molecule has 94 valence electrons. The summed E-state index contributed by atoms with van der Waals surface area (Å²) in [6.45, 7) is 1.20. The summed E-state index contributed by atoms with van der Waals surface area (Å²) in [5.41, 5.74) is 2.00. The van der Waals surface area contributed by atoms with E-state index in [1.165, 1.54) is 0 Å². The molecule has 18 heavy (non-hydrogen) atoms. The van der Waals surface area contributed by atoms with E-state index in [9.17, 15) is 0 Å². The number of hydrogen-bond donors (Lipinski definition) is 1. The van der Waals surface area contributed by atoms with Crippen molar-refractivity contribution in [3.8, 4) is 22.8 Å². The Balaban J connectivity index is 1.91. The molecule has 5 heteroatoms. The highest BCUT2D eigenvalue weighted by atomic mass is 35.5. The Labute approximate surface area is 110 Å². The van der Waals surface area contributed by atoms with Crippen LogP contribution in [0.4, 0.5) is 0 Å². The smallest absolute Gasteiger partial charge is 0.162 e. The van der Waals surface area contributed by atoms with Crippen LogP contribution in [-0.4, -0.2) is 29.1 Å². The molecule has 0 bridgehead atoms. The van der Waals surface area contributed by atoms with Crippen LogP contribution in [0.5, 0.6) is 11.5 Å². The van der Waals surface area contributed by atoms with Crippen molar-refractivity contribution in [3.63, 3.8) is 0 Å². The molecule has 0 fully saturated rings. The van der Waals surface area contributed by atoms with Gasteiger partial charge in [-0.1, -0.05) is 0 Å². The molecule has 0 radical (unpaired) electrons. The van der Waals surface area contributed by atoms with Gasteiger partial charge in [-0.3, -0.25) is 0 Å². The number of alkyl halides is 1. The first-order valence-electron chi connectivity index (χ1n) is 5.86. The molecule has 1 aliphatic rings. The highest BCUT2D eigenvalue weighted by molar-refractivity contribution is 6.17. The molecule has 0 unspecified atom stereocenters. The quantitative estimate of drug-likeness (QED) is 0.867. The largest absolute Gasteiger partial charge is 0.486 e. The Morgan fingerprint density at radius 3 is 2.89 bits per heavy atom. The van der Waals surface area contributed by atoms with Gasteiger partial charge in [0.25, 0.3) is 0 Å². The van der Waals surface area contributed by atoms with E-state index in [0.717, 1.165) is 35.0 Å².